The van der Waals surface area contributed by atoms with E-state index in [1.165, 1.54) is 18.2 Å². The number of rotatable bonds is 3. The number of nitrogens with one attached hydrogen (secondary N) is 2. The lowest BCUT2D eigenvalue weighted by Gasteiger charge is -2.29. The van der Waals surface area contributed by atoms with Crippen LogP contribution in [-0.2, 0) is 11.2 Å². The molecule has 1 saturated heterocycles. The molecule has 1 aromatic rings. The highest BCUT2D eigenvalue weighted by Crippen LogP contribution is 2.24. The smallest absolute Gasteiger partial charge is 0.236 e. The second-order valence-electron chi connectivity index (χ2n) is 4.92. The third-order valence-electron chi connectivity index (χ3n) is 3.63. The molecule has 1 amide bonds. The van der Waals surface area contributed by atoms with Gasteiger partial charge in [-0.1, -0.05) is 6.07 Å². The first-order valence-corrected chi connectivity index (χ1v) is 6.49. The number of carbonyl (C=O) groups is 1. The molecule has 1 aromatic carbocycles. The second-order valence-corrected chi connectivity index (χ2v) is 4.92. The molecule has 3 nitrogen and oxygen atoms in total. The lowest BCUT2D eigenvalue weighted by atomic mass is 9.86. The Kier molecular flexibility index (Phi) is 4.47. The Balaban J connectivity index is 2.05. The minimum Gasteiger partial charge on any atom is -0.358 e. The van der Waals surface area contributed by atoms with Crippen molar-refractivity contribution in [2.45, 2.75) is 25.3 Å². The molecule has 104 valence electrons. The molecule has 2 atom stereocenters. The van der Waals surface area contributed by atoms with Crippen LogP contribution in [0.4, 0.5) is 8.78 Å². The van der Waals surface area contributed by atoms with Gasteiger partial charge in [0.25, 0.3) is 0 Å². The van der Waals surface area contributed by atoms with Crippen LogP contribution in [0.15, 0.2) is 18.2 Å². The summed E-state index contributed by atoms with van der Waals surface area (Å²) in [6, 6.07) is 3.65. The van der Waals surface area contributed by atoms with Crippen LogP contribution in [0.3, 0.4) is 0 Å². The molecular weight excluding hydrogens is 250 g/mol. The van der Waals surface area contributed by atoms with E-state index in [2.05, 4.69) is 10.6 Å². The van der Waals surface area contributed by atoms with E-state index in [9.17, 15) is 13.6 Å². The van der Waals surface area contributed by atoms with Gasteiger partial charge in [-0.05, 0) is 43.9 Å². The largest absolute Gasteiger partial charge is 0.358 e. The Hall–Kier alpha value is -1.49. The summed E-state index contributed by atoms with van der Waals surface area (Å²) in [4.78, 5) is 11.6. The fourth-order valence-corrected chi connectivity index (χ4v) is 2.57. The zero-order valence-electron chi connectivity index (χ0n) is 10.9. The van der Waals surface area contributed by atoms with E-state index in [4.69, 9.17) is 0 Å². The van der Waals surface area contributed by atoms with Crippen molar-refractivity contribution < 1.29 is 13.6 Å². The first-order valence-electron chi connectivity index (χ1n) is 6.49. The molecule has 1 aliphatic heterocycles. The minimum absolute atomic E-state index is 0.0706. The predicted octanol–water partition coefficient (Wildman–Crippen LogP) is 1.62. The molecule has 0 aliphatic carbocycles. The number of carbonyl (C=O) groups excluding carboxylic acids is 1. The minimum atomic E-state index is -0.505. The van der Waals surface area contributed by atoms with Crippen molar-refractivity contribution in [2.24, 2.45) is 5.92 Å². The maximum atomic E-state index is 13.6. The van der Waals surface area contributed by atoms with Gasteiger partial charge in [-0.15, -0.1) is 0 Å². The van der Waals surface area contributed by atoms with Crippen molar-refractivity contribution in [3.8, 4) is 0 Å². The van der Waals surface area contributed by atoms with Gasteiger partial charge in [-0.3, -0.25) is 4.79 Å². The van der Waals surface area contributed by atoms with Crippen LogP contribution in [0, 0.1) is 17.6 Å². The Morgan fingerprint density at radius 3 is 2.74 bits per heavy atom. The number of amides is 1. The highest BCUT2D eigenvalue weighted by Gasteiger charge is 2.27. The molecule has 1 fully saturated rings. The zero-order chi connectivity index (χ0) is 13.8. The molecule has 19 heavy (non-hydrogen) atoms. The summed E-state index contributed by atoms with van der Waals surface area (Å²) in [5, 5.41) is 5.71. The van der Waals surface area contributed by atoms with E-state index < -0.39 is 11.6 Å². The highest BCUT2D eigenvalue weighted by molar-refractivity contribution is 5.81. The van der Waals surface area contributed by atoms with Gasteiger partial charge in [0.2, 0.25) is 5.91 Å². The molecule has 0 bridgehead atoms. The molecule has 1 heterocycles. The molecule has 0 aromatic heterocycles. The fraction of sp³-hybridized carbons (Fsp3) is 0.500. The van der Waals surface area contributed by atoms with Crippen LogP contribution in [-0.4, -0.2) is 25.5 Å². The van der Waals surface area contributed by atoms with E-state index in [0.29, 0.717) is 19.4 Å². The van der Waals surface area contributed by atoms with Gasteiger partial charge >= 0.3 is 0 Å². The van der Waals surface area contributed by atoms with Crippen molar-refractivity contribution in [1.82, 2.24) is 10.6 Å². The maximum absolute atomic E-state index is 13.6. The molecule has 0 spiro atoms. The van der Waals surface area contributed by atoms with Crippen LogP contribution in [0.5, 0.6) is 0 Å². The van der Waals surface area contributed by atoms with Gasteiger partial charge in [-0.2, -0.15) is 0 Å². The summed E-state index contributed by atoms with van der Waals surface area (Å²) in [5.41, 5.74) is 0.130. The monoisotopic (exact) mass is 268 g/mol. The van der Waals surface area contributed by atoms with E-state index in [-0.39, 0.29) is 23.4 Å². The number of halogens is 2. The Labute approximate surface area is 111 Å². The van der Waals surface area contributed by atoms with Crippen LogP contribution in [0.25, 0.3) is 0 Å². The van der Waals surface area contributed by atoms with Crippen LogP contribution >= 0.6 is 0 Å². The topological polar surface area (TPSA) is 41.1 Å². The van der Waals surface area contributed by atoms with Gasteiger partial charge in [0.05, 0.1) is 6.04 Å². The lowest BCUT2D eigenvalue weighted by molar-refractivity contribution is -0.123. The van der Waals surface area contributed by atoms with Gasteiger partial charge in [-0.25, -0.2) is 8.78 Å². The first-order chi connectivity index (χ1) is 9.11. The SMILES string of the molecule is CNC(=O)C1CC(Cc2c(F)cccc2F)CCN1. The Morgan fingerprint density at radius 2 is 2.11 bits per heavy atom. The second kappa shape index (κ2) is 6.10. The van der Waals surface area contributed by atoms with Gasteiger partial charge in [0.15, 0.2) is 0 Å². The molecule has 2 N–H and O–H groups in total. The van der Waals surface area contributed by atoms with E-state index in [1.54, 1.807) is 7.05 Å². The molecule has 2 unspecified atom stereocenters. The number of hydrogen-bond acceptors (Lipinski definition) is 2. The van der Waals surface area contributed by atoms with E-state index in [1.807, 2.05) is 0 Å². The molecule has 0 saturated carbocycles. The van der Waals surface area contributed by atoms with Gasteiger partial charge in [0, 0.05) is 12.6 Å². The van der Waals surface area contributed by atoms with Crippen molar-refractivity contribution >= 4 is 5.91 Å². The summed E-state index contributed by atoms with van der Waals surface area (Å²) in [7, 11) is 1.59. The van der Waals surface area contributed by atoms with Crippen molar-refractivity contribution in [2.75, 3.05) is 13.6 Å². The van der Waals surface area contributed by atoms with E-state index in [0.717, 1.165) is 6.42 Å². The number of piperidine rings is 1. The molecular formula is C14H18F2N2O. The van der Waals surface area contributed by atoms with Gasteiger partial charge in [0.1, 0.15) is 11.6 Å². The van der Waals surface area contributed by atoms with Crippen molar-refractivity contribution in [3.05, 3.63) is 35.4 Å². The van der Waals surface area contributed by atoms with Crippen LogP contribution in [0.2, 0.25) is 0 Å². The normalized spacial score (nSPS) is 23.1. The summed E-state index contributed by atoms with van der Waals surface area (Å²) >= 11 is 0. The van der Waals surface area contributed by atoms with E-state index >= 15 is 0 Å². The van der Waals surface area contributed by atoms with Crippen LogP contribution in [0.1, 0.15) is 18.4 Å². The predicted molar refractivity (Wildman–Crippen MR) is 68.6 cm³/mol. The third-order valence-corrected chi connectivity index (χ3v) is 3.63. The third kappa shape index (κ3) is 3.29. The molecule has 2 rings (SSSR count). The van der Waals surface area contributed by atoms with Crippen molar-refractivity contribution in [3.63, 3.8) is 0 Å². The summed E-state index contributed by atoms with van der Waals surface area (Å²) in [5.74, 6) is -0.960. The van der Waals surface area contributed by atoms with Crippen LogP contribution < -0.4 is 10.6 Å². The highest BCUT2D eigenvalue weighted by atomic mass is 19.1. The van der Waals surface area contributed by atoms with Gasteiger partial charge < -0.3 is 10.6 Å². The first kappa shape index (κ1) is 13.9. The number of benzene rings is 1. The number of hydrogen-bond donors (Lipinski definition) is 2. The molecule has 5 heteroatoms. The average molecular weight is 268 g/mol. The Morgan fingerprint density at radius 1 is 1.42 bits per heavy atom. The summed E-state index contributed by atoms with van der Waals surface area (Å²) in [6.07, 6.45) is 1.77. The fourth-order valence-electron chi connectivity index (χ4n) is 2.57. The average Bonchev–Trinajstić information content (AvgIpc) is 2.42. The standard InChI is InChI=1S/C14H18F2N2O/c1-17-14(19)13-8-9(5-6-18-13)7-10-11(15)3-2-4-12(10)16/h2-4,9,13,18H,5-8H2,1H3,(H,17,19). The summed E-state index contributed by atoms with van der Waals surface area (Å²) in [6.45, 7) is 0.693. The van der Waals surface area contributed by atoms with Crippen molar-refractivity contribution in [1.29, 1.82) is 0 Å². The number of likely N-dealkylation sites (N-methyl/N-ethyl adjacent to an activating group) is 1. The Bertz CT molecular complexity index is 445. The summed E-state index contributed by atoms with van der Waals surface area (Å²) < 4.78 is 27.2. The molecule has 0 radical (unpaired) electrons. The lowest BCUT2D eigenvalue weighted by Crippen LogP contribution is -2.48. The maximum Gasteiger partial charge on any atom is 0.236 e. The zero-order valence-corrected chi connectivity index (χ0v) is 10.9. The quantitative estimate of drug-likeness (QED) is 0.874. The molecule has 1 aliphatic rings.